The van der Waals surface area contributed by atoms with Crippen LogP contribution < -0.4 is 59.6 Å². The third-order valence-electron chi connectivity index (χ3n) is 17.5. The van der Waals surface area contributed by atoms with Crippen LogP contribution in [-0.2, 0) is 69.0 Å². The number of likely N-dealkylation sites (tertiary alicyclic amines) is 1. The summed E-state index contributed by atoms with van der Waals surface area (Å²) in [5.74, 6) is -9.51. The van der Waals surface area contributed by atoms with Gasteiger partial charge in [0.1, 0.15) is 48.0 Å². The molecule has 34 heteroatoms. The molecular weight excluding hydrogens is 1380 g/mol. The summed E-state index contributed by atoms with van der Waals surface area (Å²) in [4.78, 5) is 150. The lowest BCUT2D eigenvalue weighted by Gasteiger charge is -2.31. The van der Waals surface area contributed by atoms with E-state index in [1.54, 1.807) is 76.2 Å². The van der Waals surface area contributed by atoms with Crippen molar-refractivity contribution in [2.45, 2.75) is 141 Å². The highest BCUT2D eigenvalue weighted by Crippen LogP contribution is 2.32. The molecule has 19 N–H and O–H groups in total. The average Bonchev–Trinajstić information content (AvgIpc) is 1.66. The third kappa shape index (κ3) is 22.4. The second-order valence-corrected chi connectivity index (χ2v) is 26.2. The van der Waals surface area contributed by atoms with Crippen LogP contribution in [-0.4, -0.2) is 194 Å². The van der Waals surface area contributed by atoms with Crippen LogP contribution in [0.4, 0.5) is 0 Å². The molecule has 0 unspecified atom stereocenters. The second-order valence-electron chi connectivity index (χ2n) is 26.2. The number of carboxylic acid groups (broad SMARTS) is 2. The van der Waals surface area contributed by atoms with E-state index >= 15 is 0 Å². The maximum atomic E-state index is 14.5. The Morgan fingerprint density at radius 1 is 0.673 bits per heavy atom. The van der Waals surface area contributed by atoms with E-state index in [0.29, 0.717) is 59.3 Å². The number of benzene rings is 5. The molecule has 0 spiro atoms. The number of phenolic OH excluding ortho intramolecular Hbond substituents is 1. The van der Waals surface area contributed by atoms with Gasteiger partial charge in [0, 0.05) is 49.8 Å². The van der Waals surface area contributed by atoms with E-state index in [0.717, 1.165) is 22.3 Å². The summed E-state index contributed by atoms with van der Waals surface area (Å²) in [7, 11) is 0. The molecule has 0 radical (unpaired) electrons. The van der Waals surface area contributed by atoms with Gasteiger partial charge in [-0.25, -0.2) is 14.6 Å². The fraction of sp³-hybridized carbons (Fsp3) is 0.370. The number of aromatic nitrogens is 8. The fourth-order valence-electron chi connectivity index (χ4n) is 12.1. The van der Waals surface area contributed by atoms with Crippen LogP contribution in [0, 0.1) is 11.8 Å². The number of aromatic carboxylic acids is 1. The summed E-state index contributed by atoms with van der Waals surface area (Å²) in [6.45, 7) is 9.49. The van der Waals surface area contributed by atoms with Crippen molar-refractivity contribution in [3.63, 3.8) is 0 Å². The first-order chi connectivity index (χ1) is 51.2. The van der Waals surface area contributed by atoms with Gasteiger partial charge in [-0.15, -0.1) is 10.2 Å². The number of carboxylic acids is 2. The number of imidazole rings is 2. The van der Waals surface area contributed by atoms with Crippen molar-refractivity contribution in [2.24, 2.45) is 39.8 Å². The van der Waals surface area contributed by atoms with Crippen molar-refractivity contribution < 1.29 is 68.0 Å². The fourth-order valence-corrected chi connectivity index (χ4v) is 12.1. The molecule has 0 aliphatic carbocycles. The Morgan fingerprint density at radius 3 is 1.89 bits per heavy atom. The molecule has 1 aliphatic rings. The third-order valence-corrected chi connectivity index (χ3v) is 17.5. The van der Waals surface area contributed by atoms with Crippen molar-refractivity contribution in [3.05, 3.63) is 162 Å². The number of aliphatic carboxylic acids is 1. The Balaban J connectivity index is 0.000000359. The number of nitrogens with one attached hydrogen (secondary N) is 8. The van der Waals surface area contributed by atoms with Gasteiger partial charge >= 0.3 is 11.9 Å². The summed E-state index contributed by atoms with van der Waals surface area (Å²) in [5.41, 5.74) is 28.7. The first kappa shape index (κ1) is 80.1. The Labute approximate surface area is 615 Å². The minimum Gasteiger partial charge on any atom is -0.508 e. The minimum atomic E-state index is -1.41. The number of ether oxygens (including phenoxy) is 1. The smallest absolute Gasteiger partial charge is 0.337 e. The number of aliphatic imine (C=N–C) groups is 1. The van der Waals surface area contributed by atoms with Gasteiger partial charge in [0.15, 0.2) is 5.96 Å². The number of aromatic hydroxyl groups is 1. The number of para-hydroxylation sites is 1. The number of guanidine groups is 1. The van der Waals surface area contributed by atoms with Crippen LogP contribution in [0.25, 0.3) is 33.5 Å². The molecule has 3 aromatic heterocycles. The number of carbonyl (C=O) groups excluding carboxylic acids is 8. The lowest BCUT2D eigenvalue weighted by atomic mass is 9.98. The number of aromatic amines is 2. The number of rotatable bonds is 35. The number of nitrogens with two attached hydrogens (primary N) is 4. The largest absolute Gasteiger partial charge is 0.508 e. The summed E-state index contributed by atoms with van der Waals surface area (Å²) in [6.07, 6.45) is 2.86. The lowest BCUT2D eigenvalue weighted by Crippen LogP contribution is -2.62. The van der Waals surface area contributed by atoms with Crippen LogP contribution in [0.3, 0.4) is 0 Å². The van der Waals surface area contributed by atoms with Crippen molar-refractivity contribution in [2.75, 3.05) is 19.7 Å². The first-order valence-corrected chi connectivity index (χ1v) is 34.7. The minimum absolute atomic E-state index is 0.000444. The van der Waals surface area contributed by atoms with Crippen molar-refractivity contribution >= 4 is 76.2 Å². The number of tetrazole rings is 1. The molecule has 8 amide bonds. The van der Waals surface area contributed by atoms with Gasteiger partial charge in [-0.1, -0.05) is 125 Å². The maximum Gasteiger partial charge on any atom is 0.337 e. The summed E-state index contributed by atoms with van der Waals surface area (Å²) >= 11 is 0. The molecule has 0 saturated carbocycles. The molecule has 0 bridgehead atoms. The Kier molecular flexibility index (Phi) is 28.6. The maximum absolute atomic E-state index is 14.5. The van der Waals surface area contributed by atoms with E-state index in [2.05, 4.69) is 72.5 Å². The van der Waals surface area contributed by atoms with Gasteiger partial charge in [-0.3, -0.25) is 47.9 Å². The van der Waals surface area contributed by atoms with Gasteiger partial charge in [-0.05, 0) is 102 Å². The zero-order valence-corrected chi connectivity index (χ0v) is 59.7. The molecule has 34 nitrogen and oxygen atoms in total. The number of hydrogen-bond donors (Lipinski definition) is 15. The molecule has 8 aromatic rings. The highest BCUT2D eigenvalue weighted by atomic mass is 16.5. The highest BCUT2D eigenvalue weighted by Gasteiger charge is 2.41. The molecule has 566 valence electrons. The standard InChI is InChI=1S/C49H70N14O11.C24H20N6O3/c1-26(2)39(61-42(67)33(12-8-18-55-49(52)53)57-41(66)32(50)23-38(51)65)45(70)58-34(20-29-14-16-31(64)17-15-29)43(68)62-40(27(3)4)46(71)59-35(22-30-24-54-25-56-30)47(72)63-19-9-13-37(63)44(69)60-36(48(73)74)21-28-10-6-5-7-11-28;1-2-33-24-25-20-9-5-8-19(23(31)32)21(20)30(24)14-15-10-12-16(13-11-15)17-6-3-4-7-18(17)22-26-28-29-27-22/h5-7,10-11,14-17,24-27,32-37,39-40,64H,8-9,12-13,18-23,50H2,1-4H3,(H2,51,65)(H,54,56)(H,57,66)(H,58,70)(H,59,71)(H,60,69)(H,61,67)(H,62,68)(H,73,74)(H4,52,53,55);3-13H,2,14H2,1H3,(H,31,32)(H,26,27,28,29)/t32-,33-,34-,35-,36-,37-,39-,40-;/m0./s1. The van der Waals surface area contributed by atoms with E-state index in [1.807, 2.05) is 60.0 Å². The number of fused-ring (bicyclic) bond motifs is 1. The number of hydrogen-bond acceptors (Lipinski definition) is 19. The van der Waals surface area contributed by atoms with Gasteiger partial charge in [0.25, 0.3) is 6.01 Å². The Bertz CT molecular complexity index is 4400. The monoisotopic (exact) mass is 1470 g/mol. The van der Waals surface area contributed by atoms with Crippen LogP contribution in [0.15, 0.2) is 139 Å². The number of amides is 8. The molecule has 107 heavy (non-hydrogen) atoms. The van der Waals surface area contributed by atoms with Crippen molar-refractivity contribution in [3.8, 4) is 34.3 Å². The van der Waals surface area contributed by atoms with E-state index in [-0.39, 0.29) is 68.9 Å². The Morgan fingerprint density at radius 2 is 1.29 bits per heavy atom. The van der Waals surface area contributed by atoms with Gasteiger partial charge in [0.2, 0.25) is 53.1 Å². The average molecular weight is 1470 g/mol. The van der Waals surface area contributed by atoms with Gasteiger partial charge in [0.05, 0.1) is 48.5 Å². The predicted molar refractivity (Wildman–Crippen MR) is 392 cm³/mol. The SMILES string of the molecule is CC(C)[C@H](NC(=O)[C@H](CCCN=C(N)N)NC(=O)[C@@H](N)CC(N)=O)C(=O)N[C@@H](Cc1ccc(O)cc1)C(=O)N[C@H](C(=O)N[C@@H](Cc1cnc[nH]1)C(=O)N1CCC[C@H]1C(=O)N[C@@H](Cc1ccccc1)C(=O)O)C(C)C.CCOc1nc2cccc(C(=O)O)c2n1Cc1ccc(-c2ccccc2-c2nn[nH]n2)cc1. The highest BCUT2D eigenvalue weighted by molar-refractivity contribution is 6.02. The summed E-state index contributed by atoms with van der Waals surface area (Å²) in [6, 6.07) is 25.5. The second kappa shape index (κ2) is 38.2. The van der Waals surface area contributed by atoms with Gasteiger partial charge < -0.3 is 84.8 Å². The van der Waals surface area contributed by atoms with Crippen molar-refractivity contribution in [1.82, 2.24) is 76.9 Å². The molecule has 9 rings (SSSR count). The normalized spacial score (nSPS) is 14.5. The number of carbonyl (C=O) groups is 10. The summed E-state index contributed by atoms with van der Waals surface area (Å²) in [5, 5.41) is 59.9. The topological polar surface area (TPSA) is 533 Å². The molecular formula is C73H90N20O14. The van der Waals surface area contributed by atoms with Crippen molar-refractivity contribution in [1.29, 1.82) is 0 Å². The van der Waals surface area contributed by atoms with Gasteiger partial charge in [-0.2, -0.15) is 10.2 Å². The van der Waals surface area contributed by atoms with Crippen LogP contribution in [0.1, 0.15) is 99.5 Å². The molecule has 5 aromatic carbocycles. The number of H-pyrrole nitrogens is 2. The Hall–Kier alpha value is -12.6. The van der Waals surface area contributed by atoms with Crippen LogP contribution in [0.5, 0.6) is 11.8 Å². The quantitative estimate of drug-likeness (QED) is 0.0153. The number of primary amides is 1. The van der Waals surface area contributed by atoms with E-state index in [4.69, 9.17) is 27.7 Å². The lowest BCUT2D eigenvalue weighted by molar-refractivity contribution is -0.145. The van der Waals surface area contributed by atoms with E-state index < -0.39 is 126 Å². The first-order valence-electron chi connectivity index (χ1n) is 34.7. The molecule has 4 heterocycles. The van der Waals surface area contributed by atoms with Crippen LogP contribution >= 0.6 is 0 Å². The predicted octanol–water partition coefficient (Wildman–Crippen LogP) is 1.72. The molecule has 1 saturated heterocycles. The van der Waals surface area contributed by atoms with E-state index in [9.17, 15) is 63.3 Å². The number of phenols is 1. The molecule has 1 aliphatic heterocycles. The molecule has 1 fully saturated rings. The van der Waals surface area contributed by atoms with E-state index in [1.165, 1.54) is 41.7 Å². The number of nitrogens with zero attached hydrogens (tertiary/aromatic N) is 8. The molecule has 8 atom stereocenters. The summed E-state index contributed by atoms with van der Waals surface area (Å²) < 4.78 is 7.53. The zero-order chi connectivity index (χ0) is 77.4. The zero-order valence-electron chi connectivity index (χ0n) is 59.7. The van der Waals surface area contributed by atoms with Crippen LogP contribution in [0.2, 0.25) is 0 Å².